The molecule has 0 amide bonds. The van der Waals surface area contributed by atoms with Crippen molar-refractivity contribution in [3.05, 3.63) is 51.2 Å². The van der Waals surface area contributed by atoms with E-state index < -0.39 is 0 Å². The Labute approximate surface area is 140 Å². The van der Waals surface area contributed by atoms with Gasteiger partial charge in [-0.25, -0.2) is 5.43 Å². The van der Waals surface area contributed by atoms with E-state index in [0.29, 0.717) is 0 Å². The molecule has 0 fully saturated rings. The summed E-state index contributed by atoms with van der Waals surface area (Å²) in [6, 6.07) is 10.2. The Morgan fingerprint density at radius 1 is 1.33 bits per heavy atom. The van der Waals surface area contributed by atoms with E-state index in [1.54, 1.807) is 6.21 Å². The average Bonchev–Trinajstić information content (AvgIpc) is 2.80. The van der Waals surface area contributed by atoms with E-state index in [1.807, 2.05) is 12.1 Å². The molecule has 2 rings (SSSR count). The van der Waals surface area contributed by atoms with Gasteiger partial charge < -0.3 is 10.3 Å². The number of nitrogens with one attached hydrogen (secondary N) is 2. The highest BCUT2D eigenvalue weighted by atomic mass is 79.9. The molecule has 2 aromatic rings. The first-order valence-electron chi connectivity index (χ1n) is 6.30. The minimum atomic E-state index is -0.157. The van der Waals surface area contributed by atoms with Gasteiger partial charge in [0.15, 0.2) is 0 Å². The van der Waals surface area contributed by atoms with Crippen LogP contribution >= 0.6 is 31.9 Å². The first-order chi connectivity index (χ1) is 10.1. The fourth-order valence-corrected chi connectivity index (χ4v) is 2.70. The van der Waals surface area contributed by atoms with Crippen molar-refractivity contribution < 1.29 is 0 Å². The Bertz CT molecular complexity index is 646. The van der Waals surface area contributed by atoms with Crippen molar-refractivity contribution in [2.75, 3.05) is 0 Å². The van der Waals surface area contributed by atoms with Gasteiger partial charge >= 0.3 is 0 Å². The molecule has 4 N–H and O–H groups in total. The molecule has 1 aromatic carbocycles. The summed E-state index contributed by atoms with van der Waals surface area (Å²) < 4.78 is 4.16. The summed E-state index contributed by atoms with van der Waals surface area (Å²) in [6.07, 6.45) is 5.45. The summed E-state index contributed by atoms with van der Waals surface area (Å²) in [5.74, 6) is -0.157. The first kappa shape index (κ1) is 15.8. The van der Waals surface area contributed by atoms with Crippen molar-refractivity contribution in [1.82, 2.24) is 9.99 Å². The van der Waals surface area contributed by atoms with Gasteiger partial charge in [0.1, 0.15) is 0 Å². The number of rotatable bonds is 5. The first-order valence-corrected chi connectivity index (χ1v) is 7.89. The predicted molar refractivity (Wildman–Crippen MR) is 93.0 cm³/mol. The number of halogens is 2. The Kier molecular flexibility index (Phi) is 5.58. The normalized spacial score (nSPS) is 11.0. The number of aromatic nitrogens is 1. The number of hydrogen-bond acceptors (Lipinski definition) is 2. The van der Waals surface area contributed by atoms with E-state index in [4.69, 9.17) is 11.1 Å². The van der Waals surface area contributed by atoms with Crippen molar-refractivity contribution in [3.63, 3.8) is 0 Å². The van der Waals surface area contributed by atoms with Gasteiger partial charge in [0.05, 0.1) is 4.60 Å². The minimum absolute atomic E-state index is 0.157. The van der Waals surface area contributed by atoms with Gasteiger partial charge in [0, 0.05) is 22.6 Å². The summed E-state index contributed by atoms with van der Waals surface area (Å²) >= 11 is 7.01. The smallest absolute Gasteiger partial charge is 0.206 e. The highest BCUT2D eigenvalue weighted by molar-refractivity contribution is 9.10. The van der Waals surface area contributed by atoms with E-state index in [0.717, 1.165) is 27.6 Å². The molecule has 7 heteroatoms. The third-order valence-electron chi connectivity index (χ3n) is 2.77. The van der Waals surface area contributed by atoms with Gasteiger partial charge in [0.25, 0.3) is 0 Å². The van der Waals surface area contributed by atoms with Crippen molar-refractivity contribution in [2.24, 2.45) is 10.8 Å². The Morgan fingerprint density at radius 3 is 2.71 bits per heavy atom. The van der Waals surface area contributed by atoms with E-state index in [2.05, 4.69) is 71.4 Å². The van der Waals surface area contributed by atoms with Crippen LogP contribution < -0.4 is 11.2 Å². The van der Waals surface area contributed by atoms with Gasteiger partial charge in [-0.2, -0.15) is 5.10 Å². The van der Waals surface area contributed by atoms with Crippen LogP contribution in [0.25, 0.3) is 5.69 Å². The summed E-state index contributed by atoms with van der Waals surface area (Å²) in [4.78, 5) is 0. The molecule has 0 aliphatic rings. The number of nitrogens with zero attached hydrogens (tertiary/aromatic N) is 2. The highest BCUT2D eigenvalue weighted by Crippen LogP contribution is 2.22. The van der Waals surface area contributed by atoms with Crippen molar-refractivity contribution in [1.29, 1.82) is 5.41 Å². The molecule has 0 spiro atoms. The fourth-order valence-electron chi connectivity index (χ4n) is 1.83. The van der Waals surface area contributed by atoms with Crippen molar-refractivity contribution in [2.45, 2.75) is 12.8 Å². The average molecular weight is 413 g/mol. The summed E-state index contributed by atoms with van der Waals surface area (Å²) in [6.45, 7) is 0. The van der Waals surface area contributed by atoms with Crippen LogP contribution in [0.1, 0.15) is 12.0 Å². The van der Waals surface area contributed by atoms with Crippen LogP contribution in [-0.2, 0) is 6.42 Å². The van der Waals surface area contributed by atoms with Crippen LogP contribution in [0.15, 0.2) is 50.7 Å². The molecule has 0 atom stereocenters. The van der Waals surface area contributed by atoms with Crippen LogP contribution in [0.5, 0.6) is 0 Å². The Balaban J connectivity index is 2.00. The Morgan fingerprint density at radius 2 is 2.05 bits per heavy atom. The molecule has 0 radical (unpaired) electrons. The van der Waals surface area contributed by atoms with E-state index in [-0.39, 0.29) is 5.96 Å². The lowest BCUT2D eigenvalue weighted by atomic mass is 10.2. The van der Waals surface area contributed by atoms with Gasteiger partial charge in [-0.05, 0) is 64.7 Å². The number of hydrogen-bond donors (Lipinski definition) is 3. The second-order valence-electron chi connectivity index (χ2n) is 4.39. The van der Waals surface area contributed by atoms with Crippen LogP contribution in [0.2, 0.25) is 0 Å². The number of nitrogens with two attached hydrogens (primary N) is 1. The van der Waals surface area contributed by atoms with Gasteiger partial charge in [0.2, 0.25) is 5.96 Å². The minimum Gasteiger partial charge on any atom is -0.369 e. The van der Waals surface area contributed by atoms with Gasteiger partial charge in [-0.3, -0.25) is 5.41 Å². The van der Waals surface area contributed by atoms with E-state index >= 15 is 0 Å². The van der Waals surface area contributed by atoms with Gasteiger partial charge in [-0.15, -0.1) is 0 Å². The molecule has 0 saturated heterocycles. The predicted octanol–water partition coefficient (Wildman–Crippen LogP) is 3.40. The number of hydrazone groups is 1. The molecule has 0 saturated carbocycles. The molecule has 0 aliphatic heterocycles. The number of guanidine groups is 1. The summed E-state index contributed by atoms with van der Waals surface area (Å²) in [5.41, 5.74) is 9.83. The molecule has 21 heavy (non-hydrogen) atoms. The lowest BCUT2D eigenvalue weighted by Crippen LogP contribution is -2.25. The molecular weight excluding hydrogens is 398 g/mol. The maximum Gasteiger partial charge on any atom is 0.206 e. The summed E-state index contributed by atoms with van der Waals surface area (Å²) in [5, 5.41) is 10.8. The molecule has 0 unspecified atom stereocenters. The largest absolute Gasteiger partial charge is 0.369 e. The van der Waals surface area contributed by atoms with Crippen LogP contribution in [0.3, 0.4) is 0 Å². The van der Waals surface area contributed by atoms with E-state index in [9.17, 15) is 0 Å². The van der Waals surface area contributed by atoms with Crippen molar-refractivity contribution >= 4 is 44.0 Å². The number of aryl methyl sites for hydroxylation is 1. The van der Waals surface area contributed by atoms with Crippen molar-refractivity contribution in [3.8, 4) is 5.69 Å². The number of benzene rings is 1. The second kappa shape index (κ2) is 7.42. The molecule has 0 aliphatic carbocycles. The lowest BCUT2D eigenvalue weighted by molar-refractivity contribution is 0.968. The topological polar surface area (TPSA) is 79.2 Å². The van der Waals surface area contributed by atoms with Crippen LogP contribution in [0, 0.1) is 5.41 Å². The summed E-state index contributed by atoms with van der Waals surface area (Å²) in [7, 11) is 0. The van der Waals surface area contributed by atoms with E-state index in [1.165, 1.54) is 5.56 Å². The molecule has 0 bridgehead atoms. The highest BCUT2D eigenvalue weighted by Gasteiger charge is 2.05. The van der Waals surface area contributed by atoms with Gasteiger partial charge in [-0.1, -0.05) is 15.9 Å². The van der Waals surface area contributed by atoms with Crippen LogP contribution in [0.4, 0.5) is 0 Å². The zero-order chi connectivity index (χ0) is 15.2. The standard InChI is InChI=1S/C14H15Br2N5/c15-11-3-5-12(6-4-11)21-9-10(8-13(21)16)2-1-7-19-20-14(17)18/h3-9H,1-2H2,(H4,17,18,20). The zero-order valence-electron chi connectivity index (χ0n) is 11.2. The third kappa shape index (κ3) is 4.71. The lowest BCUT2D eigenvalue weighted by Gasteiger charge is -2.04. The zero-order valence-corrected chi connectivity index (χ0v) is 14.4. The second-order valence-corrected chi connectivity index (χ2v) is 6.12. The maximum atomic E-state index is 6.98. The molecule has 5 nitrogen and oxygen atoms in total. The van der Waals surface area contributed by atoms with Crippen LogP contribution in [-0.4, -0.2) is 16.7 Å². The molecule has 1 aromatic heterocycles. The quantitative estimate of drug-likeness (QED) is 0.399. The SMILES string of the molecule is N=C(N)NN=CCCc1cc(Br)n(-c2ccc(Br)cc2)c1. The molecule has 1 heterocycles. The third-order valence-corrected chi connectivity index (χ3v) is 3.91. The maximum absolute atomic E-state index is 6.98. The molecule has 110 valence electrons. The Hall–Kier alpha value is -1.60. The fraction of sp³-hybridized carbons (Fsp3) is 0.143. The monoisotopic (exact) mass is 411 g/mol. The molecular formula is C14H15Br2N5.